The van der Waals surface area contributed by atoms with E-state index in [0.29, 0.717) is 30.3 Å². The standard InChI is InChI=1S/C25H25N5O2/c1-17-18(2)29-30(19(17)3)23-14-16-25(28-27-23)32-22-12-10-21(11-13-22)26-24(31)15-9-20-7-5-4-6-8-20/h4-8,10-14,16H,9,15H2,1-3H3,(H,26,31). The van der Waals surface area contributed by atoms with Crippen molar-refractivity contribution in [2.24, 2.45) is 0 Å². The predicted molar refractivity (Wildman–Crippen MR) is 123 cm³/mol. The van der Waals surface area contributed by atoms with Crippen molar-refractivity contribution in [3.8, 4) is 17.4 Å². The molecule has 2 aromatic carbocycles. The van der Waals surface area contributed by atoms with Crippen LogP contribution in [0.4, 0.5) is 5.69 Å². The summed E-state index contributed by atoms with van der Waals surface area (Å²) in [4.78, 5) is 12.2. The van der Waals surface area contributed by atoms with Gasteiger partial charge in [0.15, 0.2) is 5.82 Å². The highest BCUT2D eigenvalue weighted by Gasteiger charge is 2.11. The average Bonchev–Trinajstić information content (AvgIpc) is 3.07. The second-order valence-electron chi connectivity index (χ2n) is 7.60. The normalized spacial score (nSPS) is 10.7. The van der Waals surface area contributed by atoms with Crippen molar-refractivity contribution in [2.75, 3.05) is 5.32 Å². The van der Waals surface area contributed by atoms with E-state index in [1.54, 1.807) is 35.0 Å². The van der Waals surface area contributed by atoms with Gasteiger partial charge in [0.05, 0.1) is 5.69 Å². The van der Waals surface area contributed by atoms with Gasteiger partial charge < -0.3 is 10.1 Å². The van der Waals surface area contributed by atoms with Gasteiger partial charge in [0.2, 0.25) is 11.8 Å². The largest absolute Gasteiger partial charge is 0.438 e. The molecule has 0 aliphatic heterocycles. The topological polar surface area (TPSA) is 81.9 Å². The smallest absolute Gasteiger partial charge is 0.238 e. The summed E-state index contributed by atoms with van der Waals surface area (Å²) in [6, 6.07) is 20.7. The van der Waals surface area contributed by atoms with E-state index in [2.05, 4.69) is 20.6 Å². The zero-order valence-electron chi connectivity index (χ0n) is 18.4. The fourth-order valence-corrected chi connectivity index (χ4v) is 3.28. The summed E-state index contributed by atoms with van der Waals surface area (Å²) in [5.41, 5.74) is 5.01. The van der Waals surface area contributed by atoms with Gasteiger partial charge in [-0.25, -0.2) is 4.68 Å². The molecule has 1 N–H and O–H groups in total. The molecule has 0 bridgehead atoms. The molecule has 1 amide bonds. The Balaban J connectivity index is 1.33. The molecule has 0 unspecified atom stereocenters. The summed E-state index contributed by atoms with van der Waals surface area (Å²) in [5.74, 6) is 1.60. The molecule has 0 radical (unpaired) electrons. The summed E-state index contributed by atoms with van der Waals surface area (Å²) in [6.07, 6.45) is 1.14. The van der Waals surface area contributed by atoms with Crippen molar-refractivity contribution in [1.82, 2.24) is 20.0 Å². The number of amides is 1. The maximum atomic E-state index is 12.2. The minimum Gasteiger partial charge on any atom is -0.438 e. The second-order valence-corrected chi connectivity index (χ2v) is 7.60. The number of aromatic nitrogens is 4. The Morgan fingerprint density at radius 1 is 0.938 bits per heavy atom. The highest BCUT2D eigenvalue weighted by molar-refractivity contribution is 5.90. The van der Waals surface area contributed by atoms with Crippen molar-refractivity contribution in [2.45, 2.75) is 33.6 Å². The molecule has 0 saturated carbocycles. The molecule has 32 heavy (non-hydrogen) atoms. The van der Waals surface area contributed by atoms with Crippen molar-refractivity contribution < 1.29 is 9.53 Å². The van der Waals surface area contributed by atoms with Crippen LogP contribution in [0.1, 0.15) is 28.9 Å². The molecule has 7 nitrogen and oxygen atoms in total. The van der Waals surface area contributed by atoms with Crippen LogP contribution in [0.5, 0.6) is 11.6 Å². The molecule has 0 fully saturated rings. The fourth-order valence-electron chi connectivity index (χ4n) is 3.28. The lowest BCUT2D eigenvalue weighted by molar-refractivity contribution is -0.116. The van der Waals surface area contributed by atoms with E-state index in [0.717, 1.165) is 28.2 Å². The molecule has 2 aromatic heterocycles. The maximum absolute atomic E-state index is 12.2. The number of hydrogen-bond donors (Lipinski definition) is 1. The first kappa shape index (κ1) is 21.2. The van der Waals surface area contributed by atoms with E-state index in [1.807, 2.05) is 57.2 Å². The van der Waals surface area contributed by atoms with Gasteiger partial charge >= 0.3 is 0 Å². The van der Waals surface area contributed by atoms with Crippen LogP contribution in [-0.2, 0) is 11.2 Å². The zero-order valence-corrected chi connectivity index (χ0v) is 18.4. The van der Waals surface area contributed by atoms with Crippen molar-refractivity contribution in [3.05, 3.63) is 89.2 Å². The summed E-state index contributed by atoms with van der Waals surface area (Å²) in [6.45, 7) is 6.01. The van der Waals surface area contributed by atoms with Gasteiger partial charge in [-0.05, 0) is 68.7 Å². The van der Waals surface area contributed by atoms with Crippen molar-refractivity contribution in [3.63, 3.8) is 0 Å². The highest BCUT2D eigenvalue weighted by Crippen LogP contribution is 2.22. The Hall–Kier alpha value is -4.00. The molecule has 4 rings (SSSR count). The number of carbonyl (C=O) groups excluding carboxylic acids is 1. The SMILES string of the molecule is Cc1nn(-c2ccc(Oc3ccc(NC(=O)CCc4ccccc4)cc3)nn2)c(C)c1C. The number of nitrogens with one attached hydrogen (secondary N) is 1. The monoisotopic (exact) mass is 427 g/mol. The predicted octanol–water partition coefficient (Wildman–Crippen LogP) is 4.95. The first-order valence-electron chi connectivity index (χ1n) is 10.5. The van der Waals surface area contributed by atoms with Crippen molar-refractivity contribution in [1.29, 1.82) is 0 Å². The van der Waals surface area contributed by atoms with Gasteiger partial charge in [-0.2, -0.15) is 5.10 Å². The van der Waals surface area contributed by atoms with Gasteiger partial charge in [0, 0.05) is 23.9 Å². The maximum Gasteiger partial charge on any atom is 0.238 e. The molecule has 0 aliphatic rings. The Morgan fingerprint density at radius 2 is 1.69 bits per heavy atom. The lowest BCUT2D eigenvalue weighted by Crippen LogP contribution is -2.12. The minimum atomic E-state index is -0.0247. The van der Waals surface area contributed by atoms with Crippen LogP contribution in [-0.4, -0.2) is 25.9 Å². The van der Waals surface area contributed by atoms with E-state index in [-0.39, 0.29) is 5.91 Å². The quantitative estimate of drug-likeness (QED) is 0.451. The van der Waals surface area contributed by atoms with Crippen LogP contribution in [0.2, 0.25) is 0 Å². The molecule has 0 aliphatic carbocycles. The van der Waals surface area contributed by atoms with Crippen LogP contribution in [0.3, 0.4) is 0 Å². The lowest BCUT2D eigenvalue weighted by atomic mass is 10.1. The number of carbonyl (C=O) groups is 1. The van der Waals surface area contributed by atoms with Gasteiger partial charge in [-0.1, -0.05) is 30.3 Å². The number of rotatable bonds is 7. The Labute approximate surface area is 187 Å². The molecule has 0 saturated heterocycles. The second kappa shape index (κ2) is 9.43. The van der Waals surface area contributed by atoms with E-state index in [1.165, 1.54) is 0 Å². The first-order valence-corrected chi connectivity index (χ1v) is 10.5. The Morgan fingerprint density at radius 3 is 2.31 bits per heavy atom. The third kappa shape index (κ3) is 5.00. The molecule has 162 valence electrons. The number of benzene rings is 2. The molecular weight excluding hydrogens is 402 g/mol. The van der Waals surface area contributed by atoms with Crippen LogP contribution >= 0.6 is 0 Å². The summed E-state index contributed by atoms with van der Waals surface area (Å²) >= 11 is 0. The molecule has 4 aromatic rings. The summed E-state index contributed by atoms with van der Waals surface area (Å²) in [7, 11) is 0. The molecule has 0 atom stereocenters. The third-order valence-corrected chi connectivity index (χ3v) is 5.34. The average molecular weight is 428 g/mol. The summed E-state index contributed by atoms with van der Waals surface area (Å²) in [5, 5.41) is 15.8. The Kier molecular flexibility index (Phi) is 6.26. The van der Waals surface area contributed by atoms with E-state index < -0.39 is 0 Å². The molecule has 2 heterocycles. The minimum absolute atomic E-state index is 0.0247. The fraction of sp³-hybridized carbons (Fsp3) is 0.200. The van der Waals surface area contributed by atoms with Gasteiger partial charge in [-0.3, -0.25) is 4.79 Å². The number of ether oxygens (including phenoxy) is 1. The van der Waals surface area contributed by atoms with Crippen LogP contribution in [0.15, 0.2) is 66.7 Å². The molecule has 7 heteroatoms. The van der Waals surface area contributed by atoms with Gasteiger partial charge in [0.25, 0.3) is 0 Å². The number of nitrogens with zero attached hydrogens (tertiary/aromatic N) is 4. The number of anilines is 1. The zero-order chi connectivity index (χ0) is 22.5. The van der Waals surface area contributed by atoms with Crippen LogP contribution in [0.25, 0.3) is 5.82 Å². The number of hydrogen-bond acceptors (Lipinski definition) is 5. The van der Waals surface area contributed by atoms with E-state index >= 15 is 0 Å². The Bertz CT molecular complexity index is 1200. The third-order valence-electron chi connectivity index (χ3n) is 5.34. The van der Waals surface area contributed by atoms with Gasteiger partial charge in [-0.15, -0.1) is 10.2 Å². The number of aryl methyl sites for hydroxylation is 2. The van der Waals surface area contributed by atoms with E-state index in [4.69, 9.17) is 4.74 Å². The van der Waals surface area contributed by atoms with Crippen LogP contribution < -0.4 is 10.1 Å². The van der Waals surface area contributed by atoms with Crippen LogP contribution in [0, 0.1) is 20.8 Å². The first-order chi connectivity index (χ1) is 15.5. The molecule has 0 spiro atoms. The summed E-state index contributed by atoms with van der Waals surface area (Å²) < 4.78 is 7.55. The van der Waals surface area contributed by atoms with Gasteiger partial charge in [0.1, 0.15) is 5.75 Å². The van der Waals surface area contributed by atoms with Crippen molar-refractivity contribution >= 4 is 11.6 Å². The highest BCUT2D eigenvalue weighted by atomic mass is 16.5. The lowest BCUT2D eigenvalue weighted by Gasteiger charge is -2.08. The van der Waals surface area contributed by atoms with E-state index in [9.17, 15) is 4.79 Å². The molecular formula is C25H25N5O2.